The Morgan fingerprint density at radius 2 is 2.10 bits per heavy atom. The molecule has 1 N–H and O–H groups in total. The van der Waals surface area contributed by atoms with Gasteiger partial charge in [-0.05, 0) is 79.0 Å². The number of benzene rings is 1. The van der Waals surface area contributed by atoms with Crippen molar-refractivity contribution in [1.29, 1.82) is 0 Å². The predicted molar refractivity (Wildman–Crippen MR) is 85.7 cm³/mol. The first kappa shape index (κ1) is 14.9. The highest BCUT2D eigenvalue weighted by atomic mass is 16.5. The number of aryl methyl sites for hydroxylation is 1. The van der Waals surface area contributed by atoms with Gasteiger partial charge in [0.15, 0.2) is 0 Å². The fourth-order valence-corrected chi connectivity index (χ4v) is 4.78. The molecule has 3 rings (SSSR count). The highest BCUT2D eigenvalue weighted by Crippen LogP contribution is 2.55. The van der Waals surface area contributed by atoms with E-state index in [9.17, 15) is 5.11 Å². The zero-order chi connectivity index (χ0) is 15.2. The van der Waals surface area contributed by atoms with Gasteiger partial charge in [0.25, 0.3) is 0 Å². The Bertz CT molecular complexity index is 522. The molecule has 2 heteroatoms. The summed E-state index contributed by atoms with van der Waals surface area (Å²) in [7, 11) is 1.74. The van der Waals surface area contributed by atoms with Crippen LogP contribution < -0.4 is 4.74 Å². The number of hydrogen-bond acceptors (Lipinski definition) is 2. The molecule has 21 heavy (non-hydrogen) atoms. The largest absolute Gasteiger partial charge is 0.497 e. The number of methoxy groups -OCH3 is 1. The smallest absolute Gasteiger partial charge is 0.119 e. The summed E-state index contributed by atoms with van der Waals surface area (Å²) in [5.74, 6) is 2.93. The Morgan fingerprint density at radius 1 is 1.33 bits per heavy atom. The van der Waals surface area contributed by atoms with Crippen LogP contribution in [0.4, 0.5) is 0 Å². The minimum absolute atomic E-state index is 0.0745. The van der Waals surface area contributed by atoms with Gasteiger partial charge in [0.05, 0.1) is 13.2 Å². The minimum Gasteiger partial charge on any atom is -0.497 e. The molecule has 1 aromatic rings. The molecule has 4 unspecified atom stereocenters. The average Bonchev–Trinajstić information content (AvgIpc) is 2.49. The van der Waals surface area contributed by atoms with Crippen LogP contribution in [0.2, 0.25) is 0 Å². The van der Waals surface area contributed by atoms with Crippen molar-refractivity contribution in [2.24, 2.45) is 17.3 Å². The Morgan fingerprint density at radius 3 is 2.76 bits per heavy atom. The number of fused-ring (bicyclic) bond motifs is 3. The lowest BCUT2D eigenvalue weighted by Crippen LogP contribution is -2.46. The molecule has 0 bridgehead atoms. The van der Waals surface area contributed by atoms with Crippen molar-refractivity contribution >= 4 is 0 Å². The van der Waals surface area contributed by atoms with Crippen molar-refractivity contribution in [3.63, 3.8) is 0 Å². The summed E-state index contributed by atoms with van der Waals surface area (Å²) >= 11 is 0. The maximum Gasteiger partial charge on any atom is 0.119 e. The van der Waals surface area contributed by atoms with Crippen LogP contribution in [-0.2, 0) is 6.42 Å². The van der Waals surface area contributed by atoms with Crippen LogP contribution in [-0.4, -0.2) is 18.3 Å². The molecule has 0 aromatic heterocycles. The maximum absolute atomic E-state index is 10.2. The second kappa shape index (κ2) is 5.31. The van der Waals surface area contributed by atoms with Crippen LogP contribution in [0.3, 0.4) is 0 Å². The summed E-state index contributed by atoms with van der Waals surface area (Å²) in [5, 5.41) is 10.2. The second-order valence-corrected chi connectivity index (χ2v) is 7.38. The standard InChI is InChI=1S/C19H28O2/c1-12-16-7-5-14-11-15(21-4)6-8-17(14)18(16)9-10-19(12,3)13(2)20/h6,8,11-13,16,18,20H,5,7,9-10H2,1-4H3/t12?,13?,16?,18?,19-/m1/s1. The van der Waals surface area contributed by atoms with Crippen molar-refractivity contribution in [3.8, 4) is 5.75 Å². The van der Waals surface area contributed by atoms with Gasteiger partial charge in [-0.1, -0.05) is 19.9 Å². The molecule has 116 valence electrons. The monoisotopic (exact) mass is 288 g/mol. The molecule has 0 aliphatic heterocycles. The predicted octanol–water partition coefficient (Wildman–Crippen LogP) is 4.16. The SMILES string of the molecule is COc1ccc2c(c1)CCC1C2CC[C@@](C)(C(C)O)C1C. The molecular formula is C19H28O2. The van der Waals surface area contributed by atoms with Crippen LogP contribution in [0.5, 0.6) is 5.75 Å². The third-order valence-corrected chi connectivity index (χ3v) is 6.64. The Balaban J connectivity index is 1.92. The maximum atomic E-state index is 10.2. The van der Waals surface area contributed by atoms with Gasteiger partial charge in [0.2, 0.25) is 0 Å². The number of hydrogen-bond donors (Lipinski definition) is 1. The fraction of sp³-hybridized carbons (Fsp3) is 0.684. The summed E-state index contributed by atoms with van der Waals surface area (Å²) in [5.41, 5.74) is 3.08. The lowest BCUT2D eigenvalue weighted by Gasteiger charge is -2.52. The number of aliphatic hydroxyl groups excluding tert-OH is 1. The molecule has 1 saturated carbocycles. The molecular weight excluding hydrogens is 260 g/mol. The molecule has 5 atom stereocenters. The van der Waals surface area contributed by atoms with E-state index in [-0.39, 0.29) is 11.5 Å². The zero-order valence-electron chi connectivity index (χ0n) is 13.7. The molecule has 2 aliphatic carbocycles. The van der Waals surface area contributed by atoms with Gasteiger partial charge in [-0.3, -0.25) is 0 Å². The van der Waals surface area contributed by atoms with E-state index >= 15 is 0 Å². The van der Waals surface area contributed by atoms with Crippen molar-refractivity contribution in [1.82, 2.24) is 0 Å². The summed E-state index contributed by atoms with van der Waals surface area (Å²) < 4.78 is 5.37. The number of ether oxygens (including phenoxy) is 1. The summed E-state index contributed by atoms with van der Waals surface area (Å²) in [4.78, 5) is 0. The fourth-order valence-electron chi connectivity index (χ4n) is 4.78. The van der Waals surface area contributed by atoms with Crippen LogP contribution in [0, 0.1) is 17.3 Å². The molecule has 0 amide bonds. The Labute approximate surface area is 128 Å². The average molecular weight is 288 g/mol. The molecule has 1 fully saturated rings. The third-order valence-electron chi connectivity index (χ3n) is 6.64. The summed E-state index contributed by atoms with van der Waals surface area (Å²) in [6.07, 6.45) is 4.50. The van der Waals surface area contributed by atoms with E-state index in [1.807, 2.05) is 6.92 Å². The van der Waals surface area contributed by atoms with E-state index in [1.165, 1.54) is 24.0 Å². The number of aliphatic hydroxyl groups is 1. The van der Waals surface area contributed by atoms with Crippen molar-refractivity contribution in [3.05, 3.63) is 29.3 Å². The zero-order valence-corrected chi connectivity index (χ0v) is 13.7. The first-order chi connectivity index (χ1) is 9.97. The van der Waals surface area contributed by atoms with Crippen LogP contribution in [0.15, 0.2) is 18.2 Å². The molecule has 2 nitrogen and oxygen atoms in total. The van der Waals surface area contributed by atoms with Gasteiger partial charge >= 0.3 is 0 Å². The molecule has 1 aromatic carbocycles. The lowest BCUT2D eigenvalue weighted by molar-refractivity contribution is -0.0520. The van der Waals surface area contributed by atoms with Crippen molar-refractivity contribution in [2.75, 3.05) is 7.11 Å². The van der Waals surface area contributed by atoms with Crippen LogP contribution in [0.1, 0.15) is 57.1 Å². The molecule has 2 aliphatic rings. The lowest BCUT2D eigenvalue weighted by atomic mass is 9.54. The van der Waals surface area contributed by atoms with E-state index in [0.717, 1.165) is 18.6 Å². The Kier molecular flexibility index (Phi) is 3.77. The first-order valence-electron chi connectivity index (χ1n) is 8.32. The van der Waals surface area contributed by atoms with Crippen LogP contribution >= 0.6 is 0 Å². The van der Waals surface area contributed by atoms with Crippen LogP contribution in [0.25, 0.3) is 0 Å². The van der Waals surface area contributed by atoms with E-state index < -0.39 is 0 Å². The minimum atomic E-state index is -0.217. The topological polar surface area (TPSA) is 29.5 Å². The molecule has 0 saturated heterocycles. The van der Waals surface area contributed by atoms with Gasteiger partial charge < -0.3 is 9.84 Å². The molecule has 0 radical (unpaired) electrons. The summed E-state index contributed by atoms with van der Waals surface area (Å²) in [6, 6.07) is 6.61. The third kappa shape index (κ3) is 2.28. The van der Waals surface area contributed by atoms with Crippen molar-refractivity contribution < 1.29 is 9.84 Å². The molecule has 0 heterocycles. The number of rotatable bonds is 2. The first-order valence-corrected chi connectivity index (χ1v) is 8.32. The van der Waals surface area contributed by atoms with Gasteiger partial charge in [-0.25, -0.2) is 0 Å². The van der Waals surface area contributed by atoms with Gasteiger partial charge in [0.1, 0.15) is 5.75 Å². The Hall–Kier alpha value is -1.02. The van der Waals surface area contributed by atoms with Gasteiger partial charge in [-0.2, -0.15) is 0 Å². The van der Waals surface area contributed by atoms with Crippen molar-refractivity contribution in [2.45, 2.75) is 58.5 Å². The van der Waals surface area contributed by atoms with E-state index in [1.54, 1.807) is 7.11 Å². The normalized spacial score (nSPS) is 36.5. The molecule has 0 spiro atoms. The van der Waals surface area contributed by atoms with Gasteiger partial charge in [-0.15, -0.1) is 0 Å². The van der Waals surface area contributed by atoms with E-state index in [2.05, 4.69) is 32.0 Å². The van der Waals surface area contributed by atoms with Gasteiger partial charge in [0, 0.05) is 0 Å². The quantitative estimate of drug-likeness (QED) is 0.885. The highest BCUT2D eigenvalue weighted by molar-refractivity contribution is 5.40. The summed E-state index contributed by atoms with van der Waals surface area (Å²) in [6.45, 7) is 6.61. The highest BCUT2D eigenvalue weighted by Gasteiger charge is 2.48. The van der Waals surface area contributed by atoms with E-state index in [4.69, 9.17) is 4.74 Å². The van der Waals surface area contributed by atoms with E-state index in [0.29, 0.717) is 17.8 Å². The second-order valence-electron chi connectivity index (χ2n) is 7.38.